The Kier molecular flexibility index (Phi) is 8.20. The average molecular weight is 436 g/mol. The number of benzene rings is 1. The molecule has 0 aliphatic carbocycles. The minimum atomic E-state index is -0.627. The number of carbonyl (C=O) groups excluding carboxylic acids is 1. The highest BCUT2D eigenvalue weighted by molar-refractivity contribution is 5.72. The molecule has 2 N–H and O–H groups in total. The van der Waals surface area contributed by atoms with Gasteiger partial charge in [-0.05, 0) is 63.4 Å². The Bertz CT molecular complexity index is 990. The van der Waals surface area contributed by atoms with Crippen LogP contribution in [0.1, 0.15) is 48.0 Å². The highest BCUT2D eigenvalue weighted by atomic mass is 16.5. The van der Waals surface area contributed by atoms with Crippen molar-refractivity contribution in [3.8, 4) is 5.82 Å². The summed E-state index contributed by atoms with van der Waals surface area (Å²) in [5.74, 6) is 0.652. The first-order valence-corrected chi connectivity index (χ1v) is 11.1. The van der Waals surface area contributed by atoms with Crippen LogP contribution in [-0.2, 0) is 22.4 Å². The van der Waals surface area contributed by atoms with Crippen LogP contribution < -0.4 is 5.32 Å². The smallest absolute Gasteiger partial charge is 0.310 e. The van der Waals surface area contributed by atoms with Crippen LogP contribution in [-0.4, -0.2) is 39.8 Å². The van der Waals surface area contributed by atoms with E-state index in [4.69, 9.17) is 4.74 Å². The maximum atomic E-state index is 11.6. The molecule has 2 heterocycles. The molecule has 0 bridgehead atoms. The molecule has 3 rings (SSSR count). The monoisotopic (exact) mass is 435 g/mol. The number of hydrogen-bond acceptors (Lipinski definition) is 5. The zero-order valence-corrected chi connectivity index (χ0v) is 19.3. The van der Waals surface area contributed by atoms with Gasteiger partial charge in [0.1, 0.15) is 5.82 Å². The number of hydrogen-bond donors (Lipinski definition) is 2. The lowest BCUT2D eigenvalue weighted by atomic mass is 10.0. The summed E-state index contributed by atoms with van der Waals surface area (Å²) < 4.78 is 7.08. The number of esters is 1. The van der Waals surface area contributed by atoms with Gasteiger partial charge < -0.3 is 19.7 Å². The lowest BCUT2D eigenvalue weighted by Gasteiger charge is -2.18. The van der Waals surface area contributed by atoms with Gasteiger partial charge in [-0.25, -0.2) is 4.98 Å². The molecule has 2 atom stereocenters. The molecule has 0 spiro atoms. The van der Waals surface area contributed by atoms with Crippen LogP contribution in [0.25, 0.3) is 5.82 Å². The lowest BCUT2D eigenvalue weighted by molar-refractivity contribution is -0.142. The van der Waals surface area contributed by atoms with Gasteiger partial charge >= 0.3 is 5.97 Å². The molecule has 2 unspecified atom stereocenters. The van der Waals surface area contributed by atoms with Crippen molar-refractivity contribution in [1.29, 1.82) is 0 Å². The van der Waals surface area contributed by atoms with Crippen molar-refractivity contribution in [2.24, 2.45) is 0 Å². The second-order valence-corrected chi connectivity index (χ2v) is 8.23. The van der Waals surface area contributed by atoms with E-state index in [0.29, 0.717) is 19.6 Å². The van der Waals surface area contributed by atoms with Gasteiger partial charge in [0.15, 0.2) is 0 Å². The third-order valence-corrected chi connectivity index (χ3v) is 5.53. The minimum Gasteiger partial charge on any atom is -0.466 e. The van der Waals surface area contributed by atoms with Crippen LogP contribution in [0.2, 0.25) is 0 Å². The van der Waals surface area contributed by atoms with Gasteiger partial charge in [0.05, 0.1) is 19.1 Å². The van der Waals surface area contributed by atoms with Crippen molar-refractivity contribution in [2.75, 3.05) is 13.2 Å². The molecule has 0 aliphatic rings. The van der Waals surface area contributed by atoms with Gasteiger partial charge in [-0.15, -0.1) is 0 Å². The highest BCUT2D eigenvalue weighted by Gasteiger charge is 2.12. The summed E-state index contributed by atoms with van der Waals surface area (Å²) in [6.07, 6.45) is 2.24. The van der Waals surface area contributed by atoms with Crippen molar-refractivity contribution >= 4 is 5.97 Å². The number of nitrogens with one attached hydrogen (secondary N) is 1. The summed E-state index contributed by atoms with van der Waals surface area (Å²) >= 11 is 0. The topological polar surface area (TPSA) is 76.4 Å². The fourth-order valence-electron chi connectivity index (χ4n) is 3.78. The minimum absolute atomic E-state index is 0.193. The third-order valence-electron chi connectivity index (χ3n) is 5.53. The molecule has 0 saturated carbocycles. The summed E-state index contributed by atoms with van der Waals surface area (Å²) in [6.45, 7) is 8.86. The summed E-state index contributed by atoms with van der Waals surface area (Å²) in [4.78, 5) is 16.1. The zero-order chi connectivity index (χ0) is 23.1. The van der Waals surface area contributed by atoms with E-state index in [1.807, 2.05) is 43.3 Å². The van der Waals surface area contributed by atoms with E-state index in [9.17, 15) is 9.90 Å². The molecule has 0 radical (unpaired) electrons. The van der Waals surface area contributed by atoms with Crippen molar-refractivity contribution in [3.05, 3.63) is 82.8 Å². The lowest BCUT2D eigenvalue weighted by Crippen LogP contribution is -2.32. The van der Waals surface area contributed by atoms with Gasteiger partial charge in [0.2, 0.25) is 0 Å². The maximum Gasteiger partial charge on any atom is 0.310 e. The van der Waals surface area contributed by atoms with Crippen LogP contribution in [0.4, 0.5) is 0 Å². The number of nitrogens with zero attached hydrogens (tertiary/aromatic N) is 2. The van der Waals surface area contributed by atoms with Crippen molar-refractivity contribution in [3.63, 3.8) is 0 Å². The quantitative estimate of drug-likeness (QED) is 0.473. The standard InChI is InChI=1S/C26H33N3O3/c1-5-32-26(31)15-22-10-8-21(9-11-22)14-18(2)27-17-24(30)23-12-13-25(28-16-23)29-19(3)6-7-20(29)4/h6-13,16,18,24,27,30H,5,14-15,17H2,1-4H3. The van der Waals surface area contributed by atoms with Gasteiger partial charge in [-0.3, -0.25) is 4.79 Å². The molecule has 0 aliphatic heterocycles. The van der Waals surface area contributed by atoms with Crippen molar-refractivity contribution in [2.45, 2.75) is 52.7 Å². The number of carbonyl (C=O) groups is 1. The van der Waals surface area contributed by atoms with Crippen LogP contribution in [0.3, 0.4) is 0 Å². The fraction of sp³-hybridized carbons (Fsp3) is 0.385. The van der Waals surface area contributed by atoms with Crippen LogP contribution in [0.5, 0.6) is 0 Å². The Morgan fingerprint density at radius 2 is 1.72 bits per heavy atom. The normalized spacial score (nSPS) is 13.0. The predicted octanol–water partition coefficient (Wildman–Crippen LogP) is 3.85. The summed E-state index contributed by atoms with van der Waals surface area (Å²) in [6, 6.07) is 16.2. The zero-order valence-electron chi connectivity index (χ0n) is 19.3. The SMILES string of the molecule is CCOC(=O)Cc1ccc(CC(C)NCC(O)c2ccc(-n3c(C)ccc3C)nc2)cc1. The molecule has 0 saturated heterocycles. The first-order valence-electron chi connectivity index (χ1n) is 11.1. The second kappa shape index (κ2) is 11.1. The van der Waals surface area contributed by atoms with E-state index in [-0.39, 0.29) is 12.0 Å². The molecular weight excluding hydrogens is 402 g/mol. The van der Waals surface area contributed by atoms with E-state index >= 15 is 0 Å². The van der Waals surface area contributed by atoms with Crippen molar-refractivity contribution in [1.82, 2.24) is 14.9 Å². The maximum absolute atomic E-state index is 11.6. The van der Waals surface area contributed by atoms with Crippen molar-refractivity contribution < 1.29 is 14.6 Å². The Labute approximate surface area is 190 Å². The molecule has 6 nitrogen and oxygen atoms in total. The number of pyridine rings is 1. The van der Waals surface area contributed by atoms with E-state index in [0.717, 1.165) is 34.8 Å². The number of aryl methyl sites for hydroxylation is 2. The van der Waals surface area contributed by atoms with E-state index in [2.05, 4.69) is 47.8 Å². The first-order chi connectivity index (χ1) is 15.4. The van der Waals surface area contributed by atoms with Crippen LogP contribution >= 0.6 is 0 Å². The fourth-order valence-corrected chi connectivity index (χ4v) is 3.78. The first kappa shape index (κ1) is 23.7. The third kappa shape index (κ3) is 6.28. The molecule has 2 aromatic heterocycles. The van der Waals surface area contributed by atoms with E-state index in [1.54, 1.807) is 6.20 Å². The van der Waals surface area contributed by atoms with Gasteiger partial charge in [0.25, 0.3) is 0 Å². The number of rotatable bonds is 10. The van der Waals surface area contributed by atoms with Gasteiger partial charge in [-0.1, -0.05) is 30.3 Å². The largest absolute Gasteiger partial charge is 0.466 e. The van der Waals surface area contributed by atoms with Crippen LogP contribution in [0.15, 0.2) is 54.7 Å². The van der Waals surface area contributed by atoms with Gasteiger partial charge in [-0.2, -0.15) is 0 Å². The molecule has 0 amide bonds. The predicted molar refractivity (Wildman–Crippen MR) is 126 cm³/mol. The number of ether oxygens (including phenoxy) is 1. The average Bonchev–Trinajstić information content (AvgIpc) is 3.11. The number of aliphatic hydroxyl groups excluding tert-OH is 1. The molecule has 0 fully saturated rings. The second-order valence-electron chi connectivity index (χ2n) is 8.23. The summed E-state index contributed by atoms with van der Waals surface area (Å²) in [5, 5.41) is 14.0. The Morgan fingerprint density at radius 3 is 2.31 bits per heavy atom. The molecule has 6 heteroatoms. The molecule has 3 aromatic rings. The summed E-state index contributed by atoms with van der Waals surface area (Å²) in [5.41, 5.74) is 5.18. The van der Waals surface area contributed by atoms with Crippen LogP contribution in [0, 0.1) is 13.8 Å². The van der Waals surface area contributed by atoms with E-state index in [1.165, 1.54) is 5.56 Å². The molecule has 170 valence electrons. The molecule has 32 heavy (non-hydrogen) atoms. The highest BCUT2D eigenvalue weighted by Crippen LogP contribution is 2.17. The summed E-state index contributed by atoms with van der Waals surface area (Å²) in [7, 11) is 0. The molecule has 1 aromatic carbocycles. The van der Waals surface area contributed by atoms with E-state index < -0.39 is 6.10 Å². The Hall–Kier alpha value is -2.96. The number of aliphatic hydroxyl groups is 1. The molecular formula is C26H33N3O3. The Balaban J connectivity index is 1.49. The van der Waals surface area contributed by atoms with Gasteiger partial charge in [0, 0.05) is 35.7 Å². The Morgan fingerprint density at radius 1 is 1.06 bits per heavy atom. The number of aromatic nitrogens is 2.